The first-order chi connectivity index (χ1) is 4.20. The second kappa shape index (κ2) is 4.21. The standard InChI is InChI=1S/C6H5BrClN.BrH/c7-5-2-1-4(8)3-6(5)9;/h1-3H,9H2;1H. The Bertz CT molecular complexity index is 227. The Morgan fingerprint density at radius 3 is 2.40 bits per heavy atom. The Hall–Kier alpha value is 0.270. The van der Waals surface area contributed by atoms with E-state index in [1.807, 2.05) is 6.07 Å². The number of halogens is 3. The lowest BCUT2D eigenvalue weighted by Gasteiger charge is -1.95. The van der Waals surface area contributed by atoms with Gasteiger partial charge in [0.15, 0.2) is 0 Å². The third kappa shape index (κ3) is 2.48. The van der Waals surface area contributed by atoms with E-state index in [1.54, 1.807) is 12.1 Å². The minimum absolute atomic E-state index is 0. The minimum Gasteiger partial charge on any atom is -0.398 e. The van der Waals surface area contributed by atoms with E-state index in [1.165, 1.54) is 0 Å². The highest BCUT2D eigenvalue weighted by Crippen LogP contribution is 2.22. The summed E-state index contributed by atoms with van der Waals surface area (Å²) in [6, 6.07) is 5.30. The van der Waals surface area contributed by atoms with Gasteiger partial charge in [-0.3, -0.25) is 0 Å². The van der Waals surface area contributed by atoms with Gasteiger partial charge in [0.25, 0.3) is 0 Å². The van der Waals surface area contributed by atoms with Crippen molar-refractivity contribution in [1.29, 1.82) is 0 Å². The molecule has 2 N–H and O–H groups in total. The maximum absolute atomic E-state index is 5.62. The van der Waals surface area contributed by atoms with E-state index >= 15 is 0 Å². The molecule has 0 fully saturated rings. The van der Waals surface area contributed by atoms with Crippen molar-refractivity contribution in [3.8, 4) is 0 Å². The van der Waals surface area contributed by atoms with Gasteiger partial charge in [0.1, 0.15) is 0 Å². The van der Waals surface area contributed by atoms with Gasteiger partial charge in [-0.15, -0.1) is 17.0 Å². The lowest BCUT2D eigenvalue weighted by Crippen LogP contribution is -1.84. The van der Waals surface area contributed by atoms with Crippen LogP contribution in [-0.2, 0) is 0 Å². The maximum atomic E-state index is 5.62. The van der Waals surface area contributed by atoms with E-state index < -0.39 is 0 Å². The van der Waals surface area contributed by atoms with Crippen LogP contribution in [0.15, 0.2) is 22.7 Å². The fourth-order valence-corrected chi connectivity index (χ4v) is 0.942. The highest BCUT2D eigenvalue weighted by Gasteiger charge is 1.92. The summed E-state index contributed by atoms with van der Waals surface area (Å²) in [5.41, 5.74) is 6.16. The fraction of sp³-hybridized carbons (Fsp3) is 0. The predicted molar refractivity (Wildman–Crippen MR) is 53.9 cm³/mol. The van der Waals surface area contributed by atoms with Crippen molar-refractivity contribution in [3.05, 3.63) is 27.7 Å². The van der Waals surface area contributed by atoms with E-state index in [0.717, 1.165) is 4.47 Å². The summed E-state index contributed by atoms with van der Waals surface area (Å²) in [5, 5.41) is 0.663. The van der Waals surface area contributed by atoms with Gasteiger partial charge in [0.05, 0.1) is 0 Å². The van der Waals surface area contributed by atoms with Crippen molar-refractivity contribution in [3.63, 3.8) is 0 Å². The van der Waals surface area contributed by atoms with E-state index in [4.69, 9.17) is 17.3 Å². The molecule has 0 atom stereocenters. The Morgan fingerprint density at radius 2 is 2.00 bits per heavy atom. The highest BCUT2D eigenvalue weighted by molar-refractivity contribution is 9.10. The Morgan fingerprint density at radius 1 is 1.40 bits per heavy atom. The second-order valence-corrected chi connectivity index (χ2v) is 2.96. The molecule has 0 aliphatic carbocycles. The summed E-state index contributed by atoms with van der Waals surface area (Å²) >= 11 is 8.86. The van der Waals surface area contributed by atoms with Crippen LogP contribution in [0.25, 0.3) is 0 Å². The van der Waals surface area contributed by atoms with Gasteiger partial charge in [0.2, 0.25) is 0 Å². The Balaban J connectivity index is 0.000000810. The summed E-state index contributed by atoms with van der Waals surface area (Å²) < 4.78 is 0.881. The molecule has 10 heavy (non-hydrogen) atoms. The number of hydrogen-bond acceptors (Lipinski definition) is 1. The monoisotopic (exact) mass is 285 g/mol. The lowest BCUT2D eigenvalue weighted by atomic mass is 10.3. The molecular weight excluding hydrogens is 281 g/mol. The normalized spacial score (nSPS) is 8.60. The molecular formula is C6H6Br2ClN. The zero-order valence-electron chi connectivity index (χ0n) is 4.97. The van der Waals surface area contributed by atoms with E-state index in [9.17, 15) is 0 Å². The van der Waals surface area contributed by atoms with Crippen LogP contribution < -0.4 is 5.73 Å². The molecule has 0 aliphatic rings. The van der Waals surface area contributed by atoms with Crippen LogP contribution in [0.2, 0.25) is 5.02 Å². The molecule has 0 radical (unpaired) electrons. The molecule has 0 unspecified atom stereocenters. The average molecular weight is 287 g/mol. The van der Waals surface area contributed by atoms with Crippen LogP contribution in [-0.4, -0.2) is 0 Å². The van der Waals surface area contributed by atoms with Crippen LogP contribution >= 0.6 is 44.5 Å². The summed E-state index contributed by atoms with van der Waals surface area (Å²) in [5.74, 6) is 0. The third-order valence-corrected chi connectivity index (χ3v) is 1.92. The van der Waals surface area contributed by atoms with Gasteiger partial charge < -0.3 is 5.73 Å². The zero-order chi connectivity index (χ0) is 6.85. The SMILES string of the molecule is Br.Nc1cc(Cl)ccc1Br. The fourth-order valence-electron chi connectivity index (χ4n) is 0.515. The quantitative estimate of drug-likeness (QED) is 0.728. The number of benzene rings is 1. The first kappa shape index (κ1) is 10.3. The molecule has 0 spiro atoms. The van der Waals surface area contributed by atoms with Crippen molar-refractivity contribution in [2.45, 2.75) is 0 Å². The van der Waals surface area contributed by atoms with Crippen LogP contribution in [0.1, 0.15) is 0 Å². The Kier molecular flexibility index (Phi) is 4.32. The molecule has 4 heteroatoms. The van der Waals surface area contributed by atoms with E-state index in [-0.39, 0.29) is 17.0 Å². The molecule has 1 nitrogen and oxygen atoms in total. The number of nitrogens with two attached hydrogens (primary N) is 1. The number of anilines is 1. The van der Waals surface area contributed by atoms with Crippen LogP contribution in [0, 0.1) is 0 Å². The molecule has 0 heterocycles. The van der Waals surface area contributed by atoms with Crippen molar-refractivity contribution in [1.82, 2.24) is 0 Å². The van der Waals surface area contributed by atoms with E-state index in [0.29, 0.717) is 10.7 Å². The minimum atomic E-state index is 0. The largest absolute Gasteiger partial charge is 0.398 e. The summed E-state index contributed by atoms with van der Waals surface area (Å²) in [6.07, 6.45) is 0. The number of rotatable bonds is 0. The van der Waals surface area contributed by atoms with Gasteiger partial charge in [-0.25, -0.2) is 0 Å². The smallest absolute Gasteiger partial charge is 0.0473 e. The van der Waals surface area contributed by atoms with Gasteiger partial charge >= 0.3 is 0 Å². The number of nitrogen functional groups attached to an aromatic ring is 1. The first-order valence-corrected chi connectivity index (χ1v) is 3.58. The second-order valence-electron chi connectivity index (χ2n) is 1.67. The molecule has 0 aromatic heterocycles. The maximum Gasteiger partial charge on any atom is 0.0473 e. The van der Waals surface area contributed by atoms with Crippen molar-refractivity contribution in [2.24, 2.45) is 0 Å². The predicted octanol–water partition coefficient (Wildman–Crippen LogP) is 3.26. The van der Waals surface area contributed by atoms with Gasteiger partial charge in [-0.2, -0.15) is 0 Å². The Labute approximate surface area is 83.5 Å². The van der Waals surface area contributed by atoms with E-state index in [2.05, 4.69) is 15.9 Å². The average Bonchev–Trinajstić information content (AvgIpc) is 1.80. The van der Waals surface area contributed by atoms with Crippen LogP contribution in [0.3, 0.4) is 0 Å². The molecule has 0 amide bonds. The van der Waals surface area contributed by atoms with Crippen LogP contribution in [0.4, 0.5) is 5.69 Å². The number of hydrogen-bond donors (Lipinski definition) is 1. The molecule has 0 bridgehead atoms. The van der Waals surface area contributed by atoms with Gasteiger partial charge in [0, 0.05) is 15.2 Å². The van der Waals surface area contributed by atoms with Crippen molar-refractivity contribution < 1.29 is 0 Å². The molecule has 0 saturated carbocycles. The molecule has 0 aliphatic heterocycles. The van der Waals surface area contributed by atoms with Crippen LogP contribution in [0.5, 0.6) is 0 Å². The van der Waals surface area contributed by atoms with Crippen molar-refractivity contribution in [2.75, 3.05) is 5.73 Å². The molecule has 1 aromatic rings. The van der Waals surface area contributed by atoms with Gasteiger partial charge in [-0.05, 0) is 34.1 Å². The summed E-state index contributed by atoms with van der Waals surface area (Å²) in [4.78, 5) is 0. The first-order valence-electron chi connectivity index (χ1n) is 2.40. The topological polar surface area (TPSA) is 26.0 Å². The summed E-state index contributed by atoms with van der Waals surface area (Å²) in [7, 11) is 0. The molecule has 1 rings (SSSR count). The molecule has 0 saturated heterocycles. The molecule has 1 aromatic carbocycles. The van der Waals surface area contributed by atoms with Crippen molar-refractivity contribution >= 4 is 50.2 Å². The summed E-state index contributed by atoms with van der Waals surface area (Å²) in [6.45, 7) is 0. The molecule has 56 valence electrons. The highest BCUT2D eigenvalue weighted by atomic mass is 79.9. The third-order valence-electron chi connectivity index (χ3n) is 0.958. The zero-order valence-corrected chi connectivity index (χ0v) is 9.03. The lowest BCUT2D eigenvalue weighted by molar-refractivity contribution is 1.63. The van der Waals surface area contributed by atoms with Gasteiger partial charge in [-0.1, -0.05) is 11.6 Å².